The van der Waals surface area contributed by atoms with Crippen LogP contribution in [0, 0.1) is 0 Å². The van der Waals surface area contributed by atoms with Crippen LogP contribution in [0.1, 0.15) is 48.4 Å². The molecule has 1 aliphatic heterocycles. The van der Waals surface area contributed by atoms with E-state index < -0.39 is 29.4 Å². The fourth-order valence-corrected chi connectivity index (χ4v) is 3.66. The fraction of sp³-hybridized carbons (Fsp3) is 0.308. The van der Waals surface area contributed by atoms with Gasteiger partial charge in [-0.2, -0.15) is 0 Å². The average Bonchev–Trinajstić information content (AvgIpc) is 3.10. The number of esters is 3. The van der Waals surface area contributed by atoms with Gasteiger partial charge in [0.1, 0.15) is 5.70 Å². The van der Waals surface area contributed by atoms with Crippen molar-refractivity contribution in [1.82, 2.24) is 0 Å². The van der Waals surface area contributed by atoms with E-state index in [9.17, 15) is 19.2 Å². The third-order valence-corrected chi connectivity index (χ3v) is 5.32. The molecule has 2 aromatic carbocycles. The molecule has 0 saturated carbocycles. The van der Waals surface area contributed by atoms with Crippen LogP contribution < -0.4 is 10.2 Å². The highest BCUT2D eigenvalue weighted by atomic mass is 16.5. The Kier molecular flexibility index (Phi) is 7.91. The van der Waals surface area contributed by atoms with Crippen molar-refractivity contribution >= 4 is 35.2 Å². The number of nitrogens with one attached hydrogen (secondary N) is 1. The van der Waals surface area contributed by atoms with E-state index in [2.05, 4.69) is 5.32 Å². The lowest BCUT2D eigenvalue weighted by molar-refractivity contribution is -0.147. The Morgan fingerprint density at radius 3 is 1.77 bits per heavy atom. The molecule has 1 atom stereocenters. The summed E-state index contributed by atoms with van der Waals surface area (Å²) in [7, 11) is 0. The second-order valence-corrected chi connectivity index (χ2v) is 7.76. The number of nitrogens with zero attached hydrogens (tertiary/aromatic N) is 1. The minimum Gasteiger partial charge on any atom is -0.464 e. The molecule has 0 saturated heterocycles. The maximum Gasteiger partial charge on any atom is 0.338 e. The van der Waals surface area contributed by atoms with Crippen LogP contribution in [0.5, 0.6) is 0 Å². The topological polar surface area (TPSA) is 111 Å². The van der Waals surface area contributed by atoms with Gasteiger partial charge in [0.05, 0.1) is 30.9 Å². The van der Waals surface area contributed by atoms with Gasteiger partial charge >= 0.3 is 17.9 Å². The molecule has 0 aliphatic carbocycles. The number of anilines is 2. The van der Waals surface area contributed by atoms with E-state index in [1.807, 2.05) is 0 Å². The van der Waals surface area contributed by atoms with E-state index in [0.717, 1.165) is 0 Å². The first kappa shape index (κ1) is 25.5. The summed E-state index contributed by atoms with van der Waals surface area (Å²) in [5.41, 5.74) is 0.398. The van der Waals surface area contributed by atoms with Gasteiger partial charge in [-0.05, 0) is 82.3 Å². The van der Waals surface area contributed by atoms with Gasteiger partial charge in [-0.3, -0.25) is 9.69 Å². The first-order valence-corrected chi connectivity index (χ1v) is 11.3. The molecule has 0 radical (unpaired) electrons. The molecule has 0 unspecified atom stereocenters. The average molecular weight is 481 g/mol. The number of amides is 1. The van der Waals surface area contributed by atoms with E-state index in [1.165, 1.54) is 23.1 Å². The zero-order valence-corrected chi connectivity index (χ0v) is 20.1. The molecule has 1 N–H and O–H groups in total. The lowest BCUT2D eigenvalue weighted by atomic mass is 10.0. The minimum atomic E-state index is -1.42. The summed E-state index contributed by atoms with van der Waals surface area (Å²) in [6.07, 6.45) is 1.51. The van der Waals surface area contributed by atoms with E-state index in [0.29, 0.717) is 22.5 Å². The van der Waals surface area contributed by atoms with Crippen LogP contribution in [0.15, 0.2) is 60.3 Å². The van der Waals surface area contributed by atoms with Gasteiger partial charge in [-0.1, -0.05) is 0 Å². The molecule has 1 heterocycles. The molecule has 184 valence electrons. The minimum absolute atomic E-state index is 0.143. The monoisotopic (exact) mass is 480 g/mol. The molecular formula is C26H28N2O7. The van der Waals surface area contributed by atoms with Crippen molar-refractivity contribution in [3.05, 3.63) is 71.4 Å². The van der Waals surface area contributed by atoms with Gasteiger partial charge in [-0.15, -0.1) is 0 Å². The van der Waals surface area contributed by atoms with Gasteiger partial charge in [0.15, 0.2) is 5.54 Å². The highest BCUT2D eigenvalue weighted by molar-refractivity contribution is 6.16. The van der Waals surface area contributed by atoms with Crippen LogP contribution in [-0.2, 0) is 23.8 Å². The normalized spacial score (nSPS) is 17.0. The molecule has 9 heteroatoms. The number of hydrogen-bond donors (Lipinski definition) is 1. The van der Waals surface area contributed by atoms with Crippen LogP contribution in [-0.4, -0.2) is 49.2 Å². The summed E-state index contributed by atoms with van der Waals surface area (Å²) in [5, 5.41) is 3.02. The van der Waals surface area contributed by atoms with Crippen LogP contribution in [0.2, 0.25) is 0 Å². The Balaban J connectivity index is 1.90. The lowest BCUT2D eigenvalue weighted by Crippen LogP contribution is -2.51. The Labute approximate surface area is 203 Å². The summed E-state index contributed by atoms with van der Waals surface area (Å²) >= 11 is 0. The second kappa shape index (κ2) is 10.9. The van der Waals surface area contributed by atoms with Gasteiger partial charge in [0.25, 0.3) is 5.91 Å². The summed E-state index contributed by atoms with van der Waals surface area (Å²) in [6.45, 7) is 7.36. The summed E-state index contributed by atoms with van der Waals surface area (Å²) in [4.78, 5) is 51.5. The van der Waals surface area contributed by atoms with Crippen molar-refractivity contribution in [2.75, 3.05) is 30.0 Å². The summed E-state index contributed by atoms with van der Waals surface area (Å²) in [6, 6.07) is 12.7. The second-order valence-electron chi connectivity index (χ2n) is 7.76. The third kappa shape index (κ3) is 5.34. The smallest absolute Gasteiger partial charge is 0.338 e. The molecule has 0 spiro atoms. The molecule has 0 fully saturated rings. The van der Waals surface area contributed by atoms with Gasteiger partial charge in [0, 0.05) is 11.4 Å². The largest absolute Gasteiger partial charge is 0.464 e. The van der Waals surface area contributed by atoms with Crippen LogP contribution in [0.4, 0.5) is 11.4 Å². The maximum atomic E-state index is 13.4. The van der Waals surface area contributed by atoms with Crippen molar-refractivity contribution in [3.8, 4) is 0 Å². The predicted molar refractivity (Wildman–Crippen MR) is 129 cm³/mol. The maximum absolute atomic E-state index is 13.4. The Hall–Kier alpha value is -4.14. The SMILES string of the molecule is CCOC(=O)c1ccc(NC2=C[C@](C)(C(=O)OCC)N(c3ccc(C(=O)OCC)cc3)C2=O)cc1. The molecule has 9 nitrogen and oxygen atoms in total. The van der Waals surface area contributed by atoms with Crippen molar-refractivity contribution in [1.29, 1.82) is 0 Å². The first-order valence-electron chi connectivity index (χ1n) is 11.3. The van der Waals surface area contributed by atoms with Gasteiger partial charge in [-0.25, -0.2) is 14.4 Å². The van der Waals surface area contributed by atoms with E-state index >= 15 is 0 Å². The van der Waals surface area contributed by atoms with Crippen molar-refractivity contribution in [2.24, 2.45) is 0 Å². The standard InChI is InChI=1S/C26H28N2O7/c1-5-33-23(30)17-8-12-19(13-9-17)27-21-16-26(4,25(32)35-7-3)28(22(21)29)20-14-10-18(11-15-20)24(31)34-6-2/h8-16,27H,5-7H2,1-4H3/t26-/m1/s1. The van der Waals surface area contributed by atoms with Gasteiger partial charge < -0.3 is 19.5 Å². The summed E-state index contributed by atoms with van der Waals surface area (Å²) < 4.78 is 15.2. The highest BCUT2D eigenvalue weighted by Crippen LogP contribution is 2.35. The van der Waals surface area contributed by atoms with Crippen LogP contribution >= 0.6 is 0 Å². The molecule has 1 amide bonds. The number of carbonyl (C=O) groups is 4. The molecule has 1 aliphatic rings. The zero-order valence-electron chi connectivity index (χ0n) is 20.1. The molecule has 0 aromatic heterocycles. The Morgan fingerprint density at radius 2 is 1.29 bits per heavy atom. The molecule has 2 aromatic rings. The van der Waals surface area contributed by atoms with Crippen molar-refractivity contribution in [2.45, 2.75) is 33.2 Å². The quantitative estimate of drug-likeness (QED) is 0.427. The number of ether oxygens (including phenoxy) is 3. The fourth-order valence-electron chi connectivity index (χ4n) is 3.66. The van der Waals surface area contributed by atoms with E-state index in [-0.39, 0.29) is 25.5 Å². The Morgan fingerprint density at radius 1 is 0.800 bits per heavy atom. The van der Waals surface area contributed by atoms with E-state index in [1.54, 1.807) is 64.1 Å². The lowest BCUT2D eigenvalue weighted by Gasteiger charge is -2.32. The highest BCUT2D eigenvalue weighted by Gasteiger charge is 2.49. The number of benzene rings is 2. The molecular weight excluding hydrogens is 452 g/mol. The molecule has 35 heavy (non-hydrogen) atoms. The first-order chi connectivity index (χ1) is 16.7. The number of rotatable bonds is 9. The number of carbonyl (C=O) groups excluding carboxylic acids is 4. The van der Waals surface area contributed by atoms with Crippen molar-refractivity contribution in [3.63, 3.8) is 0 Å². The summed E-state index contributed by atoms with van der Waals surface area (Å²) in [5.74, 6) is -1.98. The zero-order chi connectivity index (χ0) is 25.6. The van der Waals surface area contributed by atoms with Crippen LogP contribution in [0.3, 0.4) is 0 Å². The molecule has 3 rings (SSSR count). The van der Waals surface area contributed by atoms with Crippen molar-refractivity contribution < 1.29 is 33.4 Å². The molecule has 0 bridgehead atoms. The third-order valence-electron chi connectivity index (χ3n) is 5.32. The predicted octanol–water partition coefficient (Wildman–Crippen LogP) is 3.70. The van der Waals surface area contributed by atoms with Crippen LogP contribution in [0.25, 0.3) is 0 Å². The van der Waals surface area contributed by atoms with E-state index in [4.69, 9.17) is 14.2 Å². The Bertz CT molecular complexity index is 1140. The number of hydrogen-bond acceptors (Lipinski definition) is 8. The van der Waals surface area contributed by atoms with Gasteiger partial charge in [0.2, 0.25) is 0 Å².